The fourth-order valence-electron chi connectivity index (χ4n) is 2.74. The average molecular weight is 458 g/mol. The van der Waals surface area contributed by atoms with Gasteiger partial charge in [-0.1, -0.05) is 26.7 Å². The molecule has 0 radical (unpaired) electrons. The molecular weight excluding hydrogens is 418 g/mol. The van der Waals surface area contributed by atoms with Gasteiger partial charge < -0.3 is 39.6 Å². The number of aryl methyl sites for hydroxylation is 1. The van der Waals surface area contributed by atoms with E-state index in [1.807, 2.05) is 6.07 Å². The van der Waals surface area contributed by atoms with E-state index in [2.05, 4.69) is 19.9 Å². The van der Waals surface area contributed by atoms with Gasteiger partial charge in [-0.15, -0.1) is 0 Å². The molecule has 32 heavy (non-hydrogen) atoms. The van der Waals surface area contributed by atoms with Gasteiger partial charge in [-0.05, 0) is 43.0 Å². The highest BCUT2D eigenvalue weighted by molar-refractivity contribution is 5.73. The summed E-state index contributed by atoms with van der Waals surface area (Å²) in [7, 11) is 0. The largest absolute Gasteiger partial charge is 0.480 e. The average Bonchev–Trinajstić information content (AvgIpc) is 3.22. The number of hydrogen-bond donors (Lipinski definition) is 3. The first-order valence-corrected chi connectivity index (χ1v) is 11.2. The molecule has 0 bridgehead atoms. The number of ether oxygens (including phenoxy) is 5. The van der Waals surface area contributed by atoms with Gasteiger partial charge in [-0.25, -0.2) is 0 Å². The van der Waals surface area contributed by atoms with Crippen molar-refractivity contribution in [3.63, 3.8) is 0 Å². The molecule has 1 aromatic rings. The van der Waals surface area contributed by atoms with Crippen LogP contribution >= 0.6 is 0 Å². The Kier molecular flexibility index (Phi) is 14.7. The third kappa shape index (κ3) is 11.1. The minimum absolute atomic E-state index is 0.305. The molecule has 0 fully saturated rings. The van der Waals surface area contributed by atoms with Crippen LogP contribution in [-0.4, -0.2) is 68.2 Å². The Morgan fingerprint density at radius 1 is 1.00 bits per heavy atom. The quantitative estimate of drug-likeness (QED) is 0.340. The zero-order chi connectivity index (χ0) is 23.8. The van der Waals surface area contributed by atoms with E-state index < -0.39 is 18.1 Å². The Morgan fingerprint density at radius 2 is 1.56 bits per heavy atom. The fourth-order valence-corrected chi connectivity index (χ4v) is 2.74. The molecule has 0 aliphatic carbocycles. The Labute approximate surface area is 190 Å². The van der Waals surface area contributed by atoms with Crippen LogP contribution in [-0.2, 0) is 32.0 Å². The van der Waals surface area contributed by atoms with Gasteiger partial charge in [0.1, 0.15) is 6.04 Å². The van der Waals surface area contributed by atoms with Crippen LogP contribution in [0.3, 0.4) is 0 Å². The molecular formula is C23H39NO8. The van der Waals surface area contributed by atoms with Crippen LogP contribution in [0.2, 0.25) is 0 Å². The third-order valence-electron chi connectivity index (χ3n) is 4.66. The molecule has 2 unspecified atom stereocenters. The van der Waals surface area contributed by atoms with E-state index in [0.29, 0.717) is 39.8 Å². The zero-order valence-corrected chi connectivity index (χ0v) is 19.5. The molecule has 0 spiro atoms. The lowest BCUT2D eigenvalue weighted by molar-refractivity contribution is -0.140. The molecule has 1 aliphatic rings. The standard InChI is InChI=1S/C19H30O5.C4H9NO3/c1-3-5-7-20-8-9-21-10-11-22-14-17-13-19-18(23-15-24-19)12-16(17)6-4-2;1-2(6)3(5)4(7)8/h12-13H,3-11,14-15H2,1-2H3;2-3,6H,5H2,1H3,(H,7,8). The Bertz CT molecular complexity index is 653. The van der Waals surface area contributed by atoms with Crippen LogP contribution in [0, 0.1) is 0 Å². The number of aliphatic hydroxyl groups excluding tert-OH is 1. The van der Waals surface area contributed by atoms with E-state index in [4.69, 9.17) is 39.6 Å². The van der Waals surface area contributed by atoms with Crippen molar-refractivity contribution in [3.8, 4) is 11.5 Å². The molecule has 9 heteroatoms. The van der Waals surface area contributed by atoms with Crippen LogP contribution < -0.4 is 15.2 Å². The van der Waals surface area contributed by atoms with Gasteiger partial charge >= 0.3 is 5.97 Å². The first-order chi connectivity index (χ1) is 15.4. The highest BCUT2D eigenvalue weighted by Crippen LogP contribution is 2.35. The number of carbonyl (C=O) groups is 1. The van der Waals surface area contributed by atoms with E-state index in [1.165, 1.54) is 18.1 Å². The van der Waals surface area contributed by atoms with Crippen LogP contribution in [0.5, 0.6) is 11.5 Å². The number of aliphatic hydroxyl groups is 1. The molecule has 2 atom stereocenters. The highest BCUT2D eigenvalue weighted by Gasteiger charge is 2.17. The molecule has 1 heterocycles. The summed E-state index contributed by atoms with van der Waals surface area (Å²) in [6.45, 7) is 9.80. The Morgan fingerprint density at radius 3 is 2.06 bits per heavy atom. The molecule has 0 amide bonds. The van der Waals surface area contributed by atoms with Crippen LogP contribution in [0.1, 0.15) is 51.2 Å². The second kappa shape index (κ2) is 16.7. The predicted molar refractivity (Wildman–Crippen MR) is 120 cm³/mol. The van der Waals surface area contributed by atoms with Crippen LogP contribution in [0.4, 0.5) is 0 Å². The number of fused-ring (bicyclic) bond motifs is 1. The topological polar surface area (TPSA) is 130 Å². The number of nitrogens with two attached hydrogens (primary N) is 1. The van der Waals surface area contributed by atoms with Crippen LogP contribution in [0.15, 0.2) is 12.1 Å². The van der Waals surface area contributed by atoms with Crippen molar-refractivity contribution in [2.24, 2.45) is 5.73 Å². The number of aliphatic carboxylic acids is 1. The number of benzene rings is 1. The van der Waals surface area contributed by atoms with Gasteiger partial charge in [0, 0.05) is 6.61 Å². The molecule has 1 aliphatic heterocycles. The first kappa shape index (κ1) is 28.1. The maximum Gasteiger partial charge on any atom is 0.323 e. The second-order valence-electron chi connectivity index (χ2n) is 7.46. The number of carboxylic acid groups (broad SMARTS) is 1. The smallest absolute Gasteiger partial charge is 0.323 e. The maximum absolute atomic E-state index is 9.86. The zero-order valence-electron chi connectivity index (χ0n) is 19.5. The van der Waals surface area contributed by atoms with Crippen molar-refractivity contribution in [2.45, 2.75) is 65.2 Å². The summed E-state index contributed by atoms with van der Waals surface area (Å²) in [4.78, 5) is 9.86. The molecule has 0 aromatic heterocycles. The lowest BCUT2D eigenvalue weighted by atomic mass is 10.0. The Hall–Kier alpha value is -1.91. The van der Waals surface area contributed by atoms with Gasteiger partial charge in [0.05, 0.1) is 39.1 Å². The monoisotopic (exact) mass is 457 g/mol. The maximum atomic E-state index is 9.86. The van der Waals surface area contributed by atoms with Gasteiger partial charge in [-0.3, -0.25) is 4.79 Å². The summed E-state index contributed by atoms with van der Waals surface area (Å²) in [5.41, 5.74) is 7.35. The molecule has 9 nitrogen and oxygen atoms in total. The molecule has 4 N–H and O–H groups in total. The summed E-state index contributed by atoms with van der Waals surface area (Å²) in [6.07, 6.45) is 3.40. The lowest BCUT2D eigenvalue weighted by Crippen LogP contribution is -2.39. The second-order valence-corrected chi connectivity index (χ2v) is 7.46. The number of rotatable bonds is 15. The van der Waals surface area contributed by atoms with E-state index in [1.54, 1.807) is 0 Å². The van der Waals surface area contributed by atoms with Gasteiger partial charge in [0.2, 0.25) is 6.79 Å². The summed E-state index contributed by atoms with van der Waals surface area (Å²) < 4.78 is 27.6. The lowest BCUT2D eigenvalue weighted by Gasteiger charge is -2.11. The number of hydrogen-bond acceptors (Lipinski definition) is 8. The van der Waals surface area contributed by atoms with Crippen molar-refractivity contribution < 1.29 is 38.7 Å². The van der Waals surface area contributed by atoms with Gasteiger partial charge in [-0.2, -0.15) is 0 Å². The van der Waals surface area contributed by atoms with Gasteiger partial charge in [0.25, 0.3) is 0 Å². The number of unbranched alkanes of at least 4 members (excludes halogenated alkanes) is 1. The van der Waals surface area contributed by atoms with E-state index in [9.17, 15) is 4.79 Å². The normalized spacial score (nSPS) is 13.9. The molecule has 2 rings (SSSR count). The minimum atomic E-state index is -1.18. The predicted octanol–water partition coefficient (Wildman–Crippen LogP) is 2.50. The van der Waals surface area contributed by atoms with E-state index in [0.717, 1.165) is 43.8 Å². The van der Waals surface area contributed by atoms with Crippen LogP contribution in [0.25, 0.3) is 0 Å². The molecule has 0 saturated carbocycles. The molecule has 184 valence electrons. The van der Waals surface area contributed by atoms with Crippen molar-refractivity contribution in [1.82, 2.24) is 0 Å². The Balaban J connectivity index is 0.000000547. The van der Waals surface area contributed by atoms with E-state index >= 15 is 0 Å². The summed E-state index contributed by atoms with van der Waals surface area (Å²) >= 11 is 0. The SMILES string of the molecule is CC(O)C(N)C(=O)O.CCCCOCCOCCOCc1cc2c(cc1CCC)OCO2. The summed E-state index contributed by atoms with van der Waals surface area (Å²) in [5, 5.41) is 16.6. The van der Waals surface area contributed by atoms with Crippen molar-refractivity contribution in [1.29, 1.82) is 0 Å². The summed E-state index contributed by atoms with van der Waals surface area (Å²) in [5.74, 6) is 0.475. The van der Waals surface area contributed by atoms with Gasteiger partial charge in [0.15, 0.2) is 11.5 Å². The van der Waals surface area contributed by atoms with Crippen molar-refractivity contribution in [2.75, 3.05) is 39.8 Å². The molecule has 1 aromatic carbocycles. The minimum Gasteiger partial charge on any atom is -0.480 e. The van der Waals surface area contributed by atoms with E-state index in [-0.39, 0.29) is 0 Å². The summed E-state index contributed by atoms with van der Waals surface area (Å²) in [6, 6.07) is 2.96. The van der Waals surface area contributed by atoms with Crippen molar-refractivity contribution in [3.05, 3.63) is 23.3 Å². The number of carboxylic acids is 1. The fraction of sp³-hybridized carbons (Fsp3) is 0.696. The third-order valence-corrected chi connectivity index (χ3v) is 4.66. The highest BCUT2D eigenvalue weighted by atomic mass is 16.7. The molecule has 0 saturated heterocycles. The van der Waals surface area contributed by atoms with Crippen molar-refractivity contribution >= 4 is 5.97 Å². The first-order valence-electron chi connectivity index (χ1n) is 11.2.